The molecule has 1 saturated heterocycles. The number of ether oxygens (including phenoxy) is 1. The summed E-state index contributed by atoms with van der Waals surface area (Å²) in [5, 5.41) is 2.85. The maximum atomic E-state index is 13.1. The van der Waals surface area contributed by atoms with Crippen molar-refractivity contribution in [2.24, 2.45) is 0 Å². The summed E-state index contributed by atoms with van der Waals surface area (Å²) < 4.78 is 6.85. The van der Waals surface area contributed by atoms with E-state index in [1.54, 1.807) is 48.0 Å². The van der Waals surface area contributed by atoms with Crippen LogP contribution in [0.2, 0.25) is 0 Å². The van der Waals surface area contributed by atoms with E-state index in [4.69, 9.17) is 4.74 Å². The Labute approximate surface area is 169 Å². The number of nitrogens with one attached hydrogen (secondary N) is 1. The Morgan fingerprint density at radius 1 is 1.00 bits per heavy atom. The summed E-state index contributed by atoms with van der Waals surface area (Å²) in [6, 6.07) is 12.5. The van der Waals surface area contributed by atoms with Crippen molar-refractivity contribution in [1.29, 1.82) is 0 Å². The Hall–Kier alpha value is -3.35. The van der Waals surface area contributed by atoms with E-state index in [1.807, 2.05) is 17.0 Å². The van der Waals surface area contributed by atoms with Crippen molar-refractivity contribution in [2.45, 2.75) is 25.7 Å². The Bertz CT molecular complexity index is 1020. The van der Waals surface area contributed by atoms with Crippen molar-refractivity contribution in [1.82, 2.24) is 14.3 Å². The van der Waals surface area contributed by atoms with E-state index >= 15 is 0 Å². The number of amides is 2. The van der Waals surface area contributed by atoms with Crippen LogP contribution in [0.1, 0.15) is 46.8 Å². The van der Waals surface area contributed by atoms with Crippen LogP contribution in [0.3, 0.4) is 0 Å². The van der Waals surface area contributed by atoms with Crippen LogP contribution in [-0.4, -0.2) is 46.3 Å². The molecule has 150 valence electrons. The lowest BCUT2D eigenvalue weighted by atomic mass is 10.2. The van der Waals surface area contributed by atoms with E-state index in [-0.39, 0.29) is 23.3 Å². The number of methoxy groups -OCH3 is 1. The van der Waals surface area contributed by atoms with Gasteiger partial charge in [-0.15, -0.1) is 0 Å². The summed E-state index contributed by atoms with van der Waals surface area (Å²) in [5.74, 6) is 0.508. The molecular formula is C22H24N4O3. The molecule has 1 fully saturated rings. The molecule has 3 aromatic rings. The molecule has 0 bridgehead atoms. The highest BCUT2D eigenvalue weighted by atomic mass is 16.5. The van der Waals surface area contributed by atoms with Gasteiger partial charge in [0.15, 0.2) is 5.69 Å². The van der Waals surface area contributed by atoms with Crippen molar-refractivity contribution in [3.8, 4) is 5.75 Å². The number of imidazole rings is 1. The quantitative estimate of drug-likeness (QED) is 0.736. The van der Waals surface area contributed by atoms with Gasteiger partial charge in [-0.1, -0.05) is 18.9 Å². The predicted molar refractivity (Wildman–Crippen MR) is 111 cm³/mol. The van der Waals surface area contributed by atoms with Crippen molar-refractivity contribution in [3.63, 3.8) is 0 Å². The second-order valence-electron chi connectivity index (χ2n) is 7.13. The van der Waals surface area contributed by atoms with E-state index in [9.17, 15) is 9.59 Å². The van der Waals surface area contributed by atoms with Gasteiger partial charge in [-0.05, 0) is 49.2 Å². The molecule has 2 amide bonds. The first-order chi connectivity index (χ1) is 14.2. The maximum absolute atomic E-state index is 13.1. The Balaban J connectivity index is 1.64. The highest BCUT2D eigenvalue weighted by Gasteiger charge is 2.25. The van der Waals surface area contributed by atoms with E-state index in [0.29, 0.717) is 17.0 Å². The number of nitrogens with zero attached hydrogens (tertiary/aromatic N) is 3. The van der Waals surface area contributed by atoms with Gasteiger partial charge in [0.1, 0.15) is 5.75 Å². The van der Waals surface area contributed by atoms with Gasteiger partial charge in [0, 0.05) is 25.0 Å². The van der Waals surface area contributed by atoms with Crippen molar-refractivity contribution >= 4 is 23.0 Å². The van der Waals surface area contributed by atoms with Crippen molar-refractivity contribution < 1.29 is 14.3 Å². The summed E-state index contributed by atoms with van der Waals surface area (Å²) in [5.41, 5.74) is 1.48. The number of carbonyl (C=O) groups is 2. The van der Waals surface area contributed by atoms with Crippen molar-refractivity contribution in [3.05, 3.63) is 60.2 Å². The molecule has 0 unspecified atom stereocenters. The Kier molecular flexibility index (Phi) is 5.46. The number of benzene rings is 1. The SMILES string of the molecule is COc1ccc(NC(=O)c2nc(C(=O)N3CCCCCC3)n3ccccc23)cc1. The van der Waals surface area contributed by atoms with Gasteiger partial charge in [0.25, 0.3) is 11.8 Å². The first-order valence-corrected chi connectivity index (χ1v) is 9.89. The maximum Gasteiger partial charge on any atom is 0.290 e. The highest BCUT2D eigenvalue weighted by molar-refractivity contribution is 6.09. The molecule has 0 atom stereocenters. The number of pyridine rings is 1. The zero-order chi connectivity index (χ0) is 20.2. The summed E-state index contributed by atoms with van der Waals surface area (Å²) in [4.78, 5) is 32.3. The minimum Gasteiger partial charge on any atom is -0.497 e. The number of hydrogen-bond donors (Lipinski definition) is 1. The fraction of sp³-hybridized carbons (Fsp3) is 0.318. The second-order valence-corrected chi connectivity index (χ2v) is 7.13. The van der Waals surface area contributed by atoms with E-state index in [2.05, 4.69) is 10.3 Å². The van der Waals surface area contributed by atoms with Crippen LogP contribution in [0.4, 0.5) is 5.69 Å². The fourth-order valence-corrected chi connectivity index (χ4v) is 3.64. The van der Waals surface area contributed by atoms with Crippen molar-refractivity contribution in [2.75, 3.05) is 25.5 Å². The van der Waals surface area contributed by atoms with Crippen LogP contribution in [0.15, 0.2) is 48.7 Å². The number of aromatic nitrogens is 2. The zero-order valence-corrected chi connectivity index (χ0v) is 16.4. The van der Waals surface area contributed by atoms with Gasteiger partial charge in [-0.3, -0.25) is 14.0 Å². The zero-order valence-electron chi connectivity index (χ0n) is 16.4. The summed E-state index contributed by atoms with van der Waals surface area (Å²) in [6.07, 6.45) is 6.06. The van der Waals surface area contributed by atoms with Crippen LogP contribution in [0.5, 0.6) is 5.75 Å². The van der Waals surface area contributed by atoms with E-state index < -0.39 is 0 Å². The number of rotatable bonds is 4. The molecule has 1 aliphatic rings. The monoisotopic (exact) mass is 392 g/mol. The second kappa shape index (κ2) is 8.34. The molecule has 4 rings (SSSR count). The molecular weight excluding hydrogens is 368 g/mol. The molecule has 0 aliphatic carbocycles. The first kappa shape index (κ1) is 19.0. The average Bonchev–Trinajstić information content (AvgIpc) is 2.93. The molecule has 0 saturated carbocycles. The van der Waals surface area contributed by atoms with Gasteiger partial charge in [0.2, 0.25) is 5.82 Å². The molecule has 1 N–H and O–H groups in total. The molecule has 29 heavy (non-hydrogen) atoms. The van der Waals surface area contributed by atoms with E-state index in [1.165, 1.54) is 0 Å². The molecule has 0 radical (unpaired) electrons. The topological polar surface area (TPSA) is 75.9 Å². The van der Waals surface area contributed by atoms with Gasteiger partial charge < -0.3 is 15.0 Å². The molecule has 1 aromatic carbocycles. The largest absolute Gasteiger partial charge is 0.497 e. The lowest BCUT2D eigenvalue weighted by Crippen LogP contribution is -2.33. The minimum atomic E-state index is -0.353. The van der Waals surface area contributed by atoms with Crippen LogP contribution in [-0.2, 0) is 0 Å². The fourth-order valence-electron chi connectivity index (χ4n) is 3.64. The number of fused-ring (bicyclic) bond motifs is 1. The molecule has 2 aromatic heterocycles. The predicted octanol–water partition coefficient (Wildman–Crippen LogP) is 3.61. The third kappa shape index (κ3) is 3.94. The lowest BCUT2D eigenvalue weighted by molar-refractivity contribution is 0.0748. The smallest absolute Gasteiger partial charge is 0.290 e. The van der Waals surface area contributed by atoms with Crippen LogP contribution in [0, 0.1) is 0 Å². The number of likely N-dealkylation sites (tertiary alicyclic amines) is 1. The molecule has 7 nitrogen and oxygen atoms in total. The highest BCUT2D eigenvalue weighted by Crippen LogP contribution is 2.20. The molecule has 0 spiro atoms. The number of hydrogen-bond acceptors (Lipinski definition) is 4. The summed E-state index contributed by atoms with van der Waals surface area (Å²) in [7, 11) is 1.59. The standard InChI is InChI=1S/C22H24N4O3/c1-29-17-11-9-16(10-12-17)23-21(27)19-18-8-4-7-15-26(18)20(24-19)22(28)25-13-5-2-3-6-14-25/h4,7-12,15H,2-3,5-6,13-14H2,1H3,(H,23,27). The Morgan fingerprint density at radius 3 is 2.41 bits per heavy atom. The molecule has 3 heterocycles. The average molecular weight is 392 g/mol. The summed E-state index contributed by atoms with van der Waals surface area (Å²) in [6.45, 7) is 1.46. The lowest BCUT2D eigenvalue weighted by Gasteiger charge is -2.19. The van der Waals surface area contributed by atoms with Crippen LogP contribution < -0.4 is 10.1 Å². The van der Waals surface area contributed by atoms with Gasteiger partial charge in [-0.2, -0.15) is 0 Å². The number of carbonyl (C=O) groups excluding carboxylic acids is 2. The third-order valence-electron chi connectivity index (χ3n) is 5.20. The van der Waals surface area contributed by atoms with Gasteiger partial charge in [-0.25, -0.2) is 4.98 Å². The van der Waals surface area contributed by atoms with Gasteiger partial charge in [0.05, 0.1) is 12.6 Å². The van der Waals surface area contributed by atoms with Gasteiger partial charge >= 0.3 is 0 Å². The van der Waals surface area contributed by atoms with E-state index in [0.717, 1.165) is 38.8 Å². The summed E-state index contributed by atoms with van der Waals surface area (Å²) >= 11 is 0. The minimum absolute atomic E-state index is 0.128. The molecule has 1 aliphatic heterocycles. The first-order valence-electron chi connectivity index (χ1n) is 9.89. The number of anilines is 1. The molecule has 7 heteroatoms. The normalized spacial score (nSPS) is 14.4. The third-order valence-corrected chi connectivity index (χ3v) is 5.20. The van der Waals surface area contributed by atoms with Crippen LogP contribution in [0.25, 0.3) is 5.52 Å². The Morgan fingerprint density at radius 2 is 1.72 bits per heavy atom. The van der Waals surface area contributed by atoms with Crippen LogP contribution >= 0.6 is 0 Å².